The lowest BCUT2D eigenvalue weighted by Gasteiger charge is -2.29. The molecule has 1 atom stereocenters. The van der Waals surface area contributed by atoms with Gasteiger partial charge in [0.2, 0.25) is 5.91 Å². The van der Waals surface area contributed by atoms with Crippen LogP contribution in [0.3, 0.4) is 0 Å². The maximum Gasteiger partial charge on any atom is 0.410 e. The Morgan fingerprint density at radius 1 is 1.37 bits per heavy atom. The first-order chi connectivity index (χ1) is 8.61. The van der Waals surface area contributed by atoms with Crippen LogP contribution >= 0.6 is 0 Å². The van der Waals surface area contributed by atoms with Gasteiger partial charge in [0.05, 0.1) is 5.41 Å². The van der Waals surface area contributed by atoms with E-state index < -0.39 is 23.8 Å². The molecule has 1 fully saturated rings. The van der Waals surface area contributed by atoms with Gasteiger partial charge in [-0.3, -0.25) is 4.79 Å². The Balaban J connectivity index is 2.75. The lowest BCUT2D eigenvalue weighted by atomic mass is 9.87. The molecule has 0 aromatic rings. The van der Waals surface area contributed by atoms with Crippen molar-refractivity contribution in [3.05, 3.63) is 0 Å². The van der Waals surface area contributed by atoms with Crippen LogP contribution in [0, 0.1) is 5.41 Å². The Bertz CT molecular complexity index is 365. The van der Waals surface area contributed by atoms with Gasteiger partial charge in [-0.1, -0.05) is 0 Å². The zero-order valence-electron chi connectivity index (χ0n) is 12.3. The topological polar surface area (TPSA) is 49.9 Å². The zero-order chi connectivity index (χ0) is 14.8. The summed E-state index contributed by atoms with van der Waals surface area (Å²) in [6.07, 6.45) is -0.158. The second kappa shape index (κ2) is 5.35. The third-order valence-corrected chi connectivity index (χ3v) is 3.12. The van der Waals surface area contributed by atoms with Crippen LogP contribution in [0.2, 0.25) is 0 Å². The molecule has 0 aliphatic carbocycles. The quantitative estimate of drug-likeness (QED) is 0.769. The Morgan fingerprint density at radius 2 is 1.95 bits per heavy atom. The molecule has 1 aliphatic rings. The number of carbonyl (C=O) groups is 2. The van der Waals surface area contributed by atoms with E-state index in [2.05, 4.69) is 0 Å². The fraction of sp³-hybridized carbons (Fsp3) is 0.846. The number of rotatable bonds is 2. The molecule has 0 N–H and O–H groups in total. The number of ether oxygens (including phenoxy) is 1. The standard InChI is InChI=1S/C13H23FN2O3/c1-12(2,3)19-11(18)16-7-6-13(8-14,9-16)10(17)15(4)5/h6-9H2,1-5H3. The van der Waals surface area contributed by atoms with Crippen LogP contribution in [-0.2, 0) is 9.53 Å². The Morgan fingerprint density at radius 3 is 2.37 bits per heavy atom. The van der Waals surface area contributed by atoms with Crippen LogP contribution in [0.5, 0.6) is 0 Å². The number of hydrogen-bond acceptors (Lipinski definition) is 3. The summed E-state index contributed by atoms with van der Waals surface area (Å²) < 4.78 is 18.6. The van der Waals surface area contributed by atoms with Crippen molar-refractivity contribution in [2.75, 3.05) is 33.9 Å². The molecule has 1 unspecified atom stereocenters. The molecule has 0 aromatic heterocycles. The molecule has 0 aromatic carbocycles. The van der Waals surface area contributed by atoms with Gasteiger partial charge < -0.3 is 14.5 Å². The van der Waals surface area contributed by atoms with Crippen molar-refractivity contribution >= 4 is 12.0 Å². The summed E-state index contributed by atoms with van der Waals surface area (Å²) in [5.41, 5.74) is -1.70. The largest absolute Gasteiger partial charge is 0.444 e. The maximum absolute atomic E-state index is 13.3. The van der Waals surface area contributed by atoms with Gasteiger partial charge in [-0.2, -0.15) is 0 Å². The zero-order valence-corrected chi connectivity index (χ0v) is 12.3. The van der Waals surface area contributed by atoms with Crippen LogP contribution in [0.4, 0.5) is 9.18 Å². The molecule has 19 heavy (non-hydrogen) atoms. The van der Waals surface area contributed by atoms with Crippen molar-refractivity contribution < 1.29 is 18.7 Å². The third kappa shape index (κ3) is 3.58. The van der Waals surface area contributed by atoms with Crippen molar-refractivity contribution in [1.29, 1.82) is 0 Å². The summed E-state index contributed by atoms with van der Waals surface area (Å²) in [5, 5.41) is 0. The van der Waals surface area contributed by atoms with E-state index in [9.17, 15) is 14.0 Å². The lowest BCUT2D eigenvalue weighted by molar-refractivity contribution is -0.139. The van der Waals surface area contributed by atoms with E-state index in [1.807, 2.05) is 0 Å². The molecular formula is C13H23FN2O3. The van der Waals surface area contributed by atoms with E-state index in [4.69, 9.17) is 4.74 Å². The molecule has 0 bridgehead atoms. The molecule has 1 rings (SSSR count). The number of carbonyl (C=O) groups excluding carboxylic acids is 2. The van der Waals surface area contributed by atoms with Gasteiger partial charge >= 0.3 is 6.09 Å². The van der Waals surface area contributed by atoms with Crippen molar-refractivity contribution in [2.45, 2.75) is 32.8 Å². The fourth-order valence-electron chi connectivity index (χ4n) is 2.17. The Hall–Kier alpha value is -1.33. The second-order valence-corrected chi connectivity index (χ2v) is 6.27. The summed E-state index contributed by atoms with van der Waals surface area (Å²) >= 11 is 0. The second-order valence-electron chi connectivity index (χ2n) is 6.27. The van der Waals surface area contributed by atoms with Gasteiger partial charge in [0.1, 0.15) is 12.3 Å². The molecule has 6 heteroatoms. The van der Waals surface area contributed by atoms with Crippen molar-refractivity contribution in [3.8, 4) is 0 Å². The SMILES string of the molecule is CN(C)C(=O)C1(CF)CCN(C(=O)OC(C)(C)C)C1. The van der Waals surface area contributed by atoms with Crippen LogP contribution < -0.4 is 0 Å². The Labute approximate surface area is 113 Å². The minimum absolute atomic E-state index is 0.0788. The van der Waals surface area contributed by atoms with Crippen LogP contribution in [0.15, 0.2) is 0 Å². The smallest absolute Gasteiger partial charge is 0.410 e. The maximum atomic E-state index is 13.3. The first kappa shape index (κ1) is 15.7. The van der Waals surface area contributed by atoms with E-state index in [0.717, 1.165) is 0 Å². The highest BCUT2D eigenvalue weighted by atomic mass is 19.1. The summed E-state index contributed by atoms with van der Waals surface area (Å²) in [6.45, 7) is 4.98. The van der Waals surface area contributed by atoms with Gasteiger partial charge in [-0.15, -0.1) is 0 Å². The number of hydrogen-bond donors (Lipinski definition) is 0. The highest BCUT2D eigenvalue weighted by Gasteiger charge is 2.47. The molecule has 2 amide bonds. The van der Waals surface area contributed by atoms with E-state index in [-0.39, 0.29) is 12.5 Å². The molecule has 1 aliphatic heterocycles. The average molecular weight is 274 g/mol. The monoisotopic (exact) mass is 274 g/mol. The molecule has 0 spiro atoms. The van der Waals surface area contributed by atoms with E-state index >= 15 is 0 Å². The first-order valence-corrected chi connectivity index (χ1v) is 6.37. The van der Waals surface area contributed by atoms with Gasteiger partial charge in [0.15, 0.2) is 0 Å². The van der Waals surface area contributed by atoms with Gasteiger partial charge in [-0.25, -0.2) is 9.18 Å². The first-order valence-electron chi connectivity index (χ1n) is 6.37. The van der Waals surface area contributed by atoms with Crippen LogP contribution in [0.1, 0.15) is 27.2 Å². The van der Waals surface area contributed by atoms with Crippen molar-refractivity contribution in [2.24, 2.45) is 5.41 Å². The number of alkyl halides is 1. The van der Waals surface area contributed by atoms with Crippen LogP contribution in [0.25, 0.3) is 0 Å². The lowest BCUT2D eigenvalue weighted by Crippen LogP contribution is -2.45. The third-order valence-electron chi connectivity index (χ3n) is 3.12. The summed E-state index contributed by atoms with van der Waals surface area (Å²) in [5.74, 6) is -0.277. The van der Waals surface area contributed by atoms with E-state index in [0.29, 0.717) is 13.0 Å². The minimum Gasteiger partial charge on any atom is -0.444 e. The normalized spacial score (nSPS) is 23.4. The summed E-state index contributed by atoms with van der Waals surface area (Å²) in [6, 6.07) is 0. The molecule has 0 radical (unpaired) electrons. The number of nitrogens with zero attached hydrogens (tertiary/aromatic N) is 2. The van der Waals surface area contributed by atoms with Crippen LogP contribution in [-0.4, -0.2) is 61.3 Å². The highest BCUT2D eigenvalue weighted by Crippen LogP contribution is 2.33. The van der Waals surface area contributed by atoms with Crippen molar-refractivity contribution in [3.63, 3.8) is 0 Å². The highest BCUT2D eigenvalue weighted by molar-refractivity contribution is 5.84. The van der Waals surface area contributed by atoms with Crippen molar-refractivity contribution in [1.82, 2.24) is 9.80 Å². The molecule has 1 heterocycles. The molecule has 110 valence electrons. The predicted octanol–water partition coefficient (Wildman–Crippen LogP) is 1.67. The number of likely N-dealkylation sites (tertiary alicyclic amines) is 1. The number of halogens is 1. The molecule has 0 saturated carbocycles. The Kier molecular flexibility index (Phi) is 4.43. The molecule has 5 nitrogen and oxygen atoms in total. The van der Waals surface area contributed by atoms with Gasteiger partial charge in [-0.05, 0) is 27.2 Å². The molecular weight excluding hydrogens is 251 g/mol. The molecule has 1 saturated heterocycles. The minimum atomic E-state index is -1.11. The van der Waals surface area contributed by atoms with E-state index in [1.165, 1.54) is 9.80 Å². The predicted molar refractivity (Wildman–Crippen MR) is 69.5 cm³/mol. The summed E-state index contributed by atoms with van der Waals surface area (Å²) in [4.78, 5) is 26.8. The number of amides is 2. The van der Waals surface area contributed by atoms with Gasteiger partial charge in [0.25, 0.3) is 0 Å². The fourth-order valence-corrected chi connectivity index (χ4v) is 2.17. The van der Waals surface area contributed by atoms with E-state index in [1.54, 1.807) is 34.9 Å². The average Bonchev–Trinajstić information content (AvgIpc) is 2.71. The van der Waals surface area contributed by atoms with Gasteiger partial charge in [0, 0.05) is 27.2 Å². The summed E-state index contributed by atoms with van der Waals surface area (Å²) in [7, 11) is 3.19.